The second kappa shape index (κ2) is 9.27. The molecule has 2 fully saturated rings. The summed E-state index contributed by atoms with van der Waals surface area (Å²) in [4.78, 5) is 47.1. The molecule has 35 heavy (non-hydrogen) atoms. The molecule has 5 rings (SSSR count). The fourth-order valence-corrected chi connectivity index (χ4v) is 4.82. The molecule has 1 atom stereocenters. The van der Waals surface area contributed by atoms with Crippen molar-refractivity contribution in [3.05, 3.63) is 52.1 Å². The first kappa shape index (κ1) is 23.3. The summed E-state index contributed by atoms with van der Waals surface area (Å²) in [6, 6.07) is 3.33. The minimum absolute atomic E-state index is 0.0791. The number of aryl methyl sites for hydroxylation is 1. The highest BCUT2D eigenvalue weighted by molar-refractivity contribution is 6.34. The smallest absolute Gasteiger partial charge is 0.271 e. The van der Waals surface area contributed by atoms with Gasteiger partial charge in [-0.1, -0.05) is 0 Å². The minimum Gasteiger partial charge on any atom is -0.381 e. The first-order valence-electron chi connectivity index (χ1n) is 11.7. The Kier molecular flexibility index (Phi) is 6.16. The quantitative estimate of drug-likeness (QED) is 0.567. The van der Waals surface area contributed by atoms with Crippen LogP contribution in [0.2, 0.25) is 0 Å². The van der Waals surface area contributed by atoms with Crippen LogP contribution >= 0.6 is 0 Å². The number of anilines is 1. The van der Waals surface area contributed by atoms with Gasteiger partial charge in [-0.3, -0.25) is 19.2 Å². The maximum atomic E-state index is 13.8. The summed E-state index contributed by atoms with van der Waals surface area (Å²) in [5, 5.41) is 6.85. The Balaban J connectivity index is 1.31. The molecule has 3 amide bonds. The summed E-state index contributed by atoms with van der Waals surface area (Å²) >= 11 is 0. The van der Waals surface area contributed by atoms with E-state index in [0.29, 0.717) is 65.0 Å². The number of rotatable bonds is 5. The molecule has 10 heteroatoms. The Hall–Kier alpha value is -3.50. The molecule has 2 aromatic rings. The number of carbonyl (C=O) groups excluding carboxylic acids is 3. The lowest BCUT2D eigenvalue weighted by atomic mass is 10.0. The number of aromatic amines is 1. The number of halogens is 1. The summed E-state index contributed by atoms with van der Waals surface area (Å²) in [6.45, 7) is 5.43. The van der Waals surface area contributed by atoms with Crippen LogP contribution in [0.4, 0.5) is 10.1 Å². The molecule has 0 spiro atoms. The van der Waals surface area contributed by atoms with Crippen LogP contribution in [0.3, 0.4) is 0 Å². The maximum Gasteiger partial charge on any atom is 0.271 e. The zero-order chi connectivity index (χ0) is 24.7. The number of nitrogens with zero attached hydrogens (tertiary/aromatic N) is 1. The lowest BCUT2D eigenvalue weighted by Gasteiger charge is -2.25. The van der Waals surface area contributed by atoms with Crippen molar-refractivity contribution in [2.24, 2.45) is 5.92 Å². The topological polar surface area (TPSA) is 113 Å². The number of hydrogen-bond acceptors (Lipinski definition) is 5. The second-order valence-corrected chi connectivity index (χ2v) is 9.14. The van der Waals surface area contributed by atoms with Gasteiger partial charge < -0.3 is 20.4 Å². The van der Waals surface area contributed by atoms with E-state index in [9.17, 15) is 18.8 Å². The van der Waals surface area contributed by atoms with Crippen molar-refractivity contribution in [1.82, 2.24) is 15.4 Å². The Morgan fingerprint density at radius 2 is 2.03 bits per heavy atom. The molecular formula is C25H27FN4O5. The highest BCUT2D eigenvalue weighted by Crippen LogP contribution is 2.34. The van der Waals surface area contributed by atoms with Gasteiger partial charge in [-0.2, -0.15) is 0 Å². The number of benzene rings is 1. The number of fused-ring (bicyclic) bond motifs is 1. The van der Waals surface area contributed by atoms with E-state index in [0.717, 1.165) is 12.8 Å². The monoisotopic (exact) mass is 482 g/mol. The van der Waals surface area contributed by atoms with Crippen molar-refractivity contribution in [3.63, 3.8) is 0 Å². The molecule has 0 aliphatic carbocycles. The van der Waals surface area contributed by atoms with Crippen LogP contribution < -0.4 is 10.6 Å². The number of H-pyrrole nitrogens is 1. The Labute approximate surface area is 201 Å². The van der Waals surface area contributed by atoms with Crippen LogP contribution in [0, 0.1) is 25.6 Å². The number of ether oxygens (including phenoxy) is 1. The summed E-state index contributed by atoms with van der Waals surface area (Å²) in [5.74, 6) is -1.14. The average molecular weight is 483 g/mol. The largest absolute Gasteiger partial charge is 0.381 e. The van der Waals surface area contributed by atoms with Gasteiger partial charge in [0.2, 0.25) is 0 Å². The highest BCUT2D eigenvalue weighted by atomic mass is 19.1. The fraction of sp³-hybridized carbons (Fsp3) is 0.400. The molecule has 4 heterocycles. The zero-order valence-corrected chi connectivity index (χ0v) is 19.6. The lowest BCUT2D eigenvalue weighted by molar-refractivity contribution is -0.166. The predicted molar refractivity (Wildman–Crippen MR) is 126 cm³/mol. The summed E-state index contributed by atoms with van der Waals surface area (Å²) < 4.78 is 19.1. The van der Waals surface area contributed by atoms with Crippen LogP contribution in [0.15, 0.2) is 18.2 Å². The third-order valence-electron chi connectivity index (χ3n) is 6.77. The third kappa shape index (κ3) is 4.46. The van der Waals surface area contributed by atoms with Crippen molar-refractivity contribution in [2.75, 3.05) is 31.7 Å². The normalized spacial score (nSPS) is 21.5. The van der Waals surface area contributed by atoms with Crippen molar-refractivity contribution < 1.29 is 28.3 Å². The lowest BCUT2D eigenvalue weighted by Crippen LogP contribution is -2.44. The van der Waals surface area contributed by atoms with Crippen LogP contribution in [0.1, 0.15) is 45.7 Å². The van der Waals surface area contributed by atoms with Crippen LogP contribution in [-0.4, -0.2) is 60.2 Å². The van der Waals surface area contributed by atoms with Gasteiger partial charge >= 0.3 is 0 Å². The van der Waals surface area contributed by atoms with Gasteiger partial charge in [-0.15, -0.1) is 0 Å². The van der Waals surface area contributed by atoms with Crippen molar-refractivity contribution in [2.45, 2.75) is 32.7 Å². The maximum absolute atomic E-state index is 13.8. The van der Waals surface area contributed by atoms with Crippen molar-refractivity contribution >= 4 is 35.1 Å². The summed E-state index contributed by atoms with van der Waals surface area (Å²) in [7, 11) is 0. The molecule has 3 aliphatic heterocycles. The fourth-order valence-electron chi connectivity index (χ4n) is 4.82. The standard InChI is InChI=1S/C25H27FN4O5/c1-13-20(10-18-17-9-16(26)3-4-19(17)28-23(18)31)27-14(2)22(13)24(32)29-21-12-35-30(25(21)33)11-15-5-7-34-8-6-15/h3-4,9-10,15,21,27H,5-8,11-12H2,1-2H3,(H,28,31)(H,29,32)/b18-10-/t21-/m1/s1. The van der Waals surface area contributed by atoms with E-state index in [1.54, 1.807) is 19.9 Å². The first-order chi connectivity index (χ1) is 16.8. The molecule has 0 radical (unpaired) electrons. The van der Waals surface area contributed by atoms with Gasteiger partial charge in [0.05, 0.1) is 17.7 Å². The average Bonchev–Trinajstić information content (AvgIpc) is 3.43. The van der Waals surface area contributed by atoms with E-state index in [2.05, 4.69) is 15.6 Å². The molecule has 3 aliphatic rings. The predicted octanol–water partition coefficient (Wildman–Crippen LogP) is 2.56. The Morgan fingerprint density at radius 3 is 2.80 bits per heavy atom. The minimum atomic E-state index is -0.770. The Bertz CT molecular complexity index is 1230. The number of aromatic nitrogens is 1. The summed E-state index contributed by atoms with van der Waals surface area (Å²) in [5.41, 5.74) is 3.47. The highest BCUT2D eigenvalue weighted by Gasteiger charge is 2.36. The first-order valence-corrected chi connectivity index (χ1v) is 11.7. The molecule has 3 N–H and O–H groups in total. The van der Waals surface area contributed by atoms with Gasteiger partial charge in [0.25, 0.3) is 17.7 Å². The van der Waals surface area contributed by atoms with Crippen LogP contribution in [-0.2, 0) is 19.2 Å². The van der Waals surface area contributed by atoms with Crippen molar-refractivity contribution in [3.8, 4) is 0 Å². The number of amides is 3. The van der Waals surface area contributed by atoms with Gasteiger partial charge in [0.15, 0.2) is 0 Å². The van der Waals surface area contributed by atoms with Crippen LogP contribution in [0.5, 0.6) is 0 Å². The van der Waals surface area contributed by atoms with E-state index < -0.39 is 17.8 Å². The summed E-state index contributed by atoms with van der Waals surface area (Å²) in [6.07, 6.45) is 3.36. The number of carbonyl (C=O) groups is 3. The van der Waals surface area contributed by atoms with Gasteiger partial charge in [-0.25, -0.2) is 9.45 Å². The number of nitrogens with one attached hydrogen (secondary N) is 3. The molecule has 9 nitrogen and oxygen atoms in total. The third-order valence-corrected chi connectivity index (χ3v) is 6.77. The molecular weight excluding hydrogens is 455 g/mol. The second-order valence-electron chi connectivity index (χ2n) is 9.14. The number of hydrogen-bond donors (Lipinski definition) is 3. The molecule has 1 aromatic carbocycles. The molecule has 2 saturated heterocycles. The van der Waals surface area contributed by atoms with Gasteiger partial charge in [-0.05, 0) is 62.4 Å². The van der Waals surface area contributed by atoms with E-state index in [-0.39, 0.29) is 18.4 Å². The van der Waals surface area contributed by atoms with Gasteiger partial charge in [0.1, 0.15) is 18.5 Å². The molecule has 0 saturated carbocycles. The van der Waals surface area contributed by atoms with Crippen molar-refractivity contribution in [1.29, 1.82) is 0 Å². The van der Waals surface area contributed by atoms with E-state index in [1.165, 1.54) is 23.3 Å². The Morgan fingerprint density at radius 1 is 1.26 bits per heavy atom. The van der Waals surface area contributed by atoms with E-state index in [4.69, 9.17) is 9.57 Å². The number of hydroxylamine groups is 2. The van der Waals surface area contributed by atoms with E-state index in [1.807, 2.05) is 0 Å². The SMILES string of the molecule is Cc1[nH]c(/C=C2\C(=O)Nc3ccc(F)cc32)c(C)c1C(=O)N[C@@H]1CON(CC2CCOCC2)C1=O. The van der Waals surface area contributed by atoms with E-state index >= 15 is 0 Å². The zero-order valence-electron chi connectivity index (χ0n) is 19.6. The molecule has 0 bridgehead atoms. The molecule has 184 valence electrons. The molecule has 0 unspecified atom stereocenters. The van der Waals surface area contributed by atoms with Gasteiger partial charge in [0, 0.05) is 35.9 Å². The van der Waals surface area contributed by atoms with Crippen LogP contribution in [0.25, 0.3) is 11.6 Å². The molecule has 1 aromatic heterocycles.